The summed E-state index contributed by atoms with van der Waals surface area (Å²) in [4.78, 5) is 12.8. The SMILES string of the molecule is COc1cccc(C2(O)CCCCC2CN(C)CCCC(=O)O)c1. The van der Waals surface area contributed by atoms with E-state index in [1.165, 1.54) is 0 Å². The molecule has 2 unspecified atom stereocenters. The van der Waals surface area contributed by atoms with Gasteiger partial charge in [0.15, 0.2) is 0 Å². The average Bonchev–Trinajstić information content (AvgIpc) is 2.57. The van der Waals surface area contributed by atoms with Crippen LogP contribution < -0.4 is 4.74 Å². The molecule has 24 heavy (non-hydrogen) atoms. The van der Waals surface area contributed by atoms with Crippen LogP contribution in [0.1, 0.15) is 44.1 Å². The molecule has 1 aromatic carbocycles. The number of carboxylic acid groups (broad SMARTS) is 1. The lowest BCUT2D eigenvalue weighted by molar-refractivity contribution is -0.137. The van der Waals surface area contributed by atoms with Gasteiger partial charge in [-0.05, 0) is 50.6 Å². The van der Waals surface area contributed by atoms with E-state index in [4.69, 9.17) is 9.84 Å². The van der Waals surface area contributed by atoms with Crippen molar-refractivity contribution in [2.75, 3.05) is 27.2 Å². The van der Waals surface area contributed by atoms with Gasteiger partial charge >= 0.3 is 5.97 Å². The smallest absolute Gasteiger partial charge is 0.303 e. The van der Waals surface area contributed by atoms with Crippen molar-refractivity contribution >= 4 is 5.97 Å². The second kappa shape index (κ2) is 8.49. The summed E-state index contributed by atoms with van der Waals surface area (Å²) in [5.41, 5.74) is 0.0823. The van der Waals surface area contributed by atoms with Crippen molar-refractivity contribution in [1.82, 2.24) is 4.90 Å². The molecule has 1 saturated carbocycles. The first-order valence-electron chi connectivity index (χ1n) is 8.73. The molecular formula is C19H29NO4. The van der Waals surface area contributed by atoms with Crippen LogP contribution in [0.5, 0.6) is 5.75 Å². The Morgan fingerprint density at radius 1 is 1.42 bits per heavy atom. The minimum absolute atomic E-state index is 0.146. The van der Waals surface area contributed by atoms with E-state index in [0.29, 0.717) is 6.42 Å². The van der Waals surface area contributed by atoms with Crippen LogP contribution in [0.4, 0.5) is 0 Å². The summed E-state index contributed by atoms with van der Waals surface area (Å²) < 4.78 is 5.31. The fraction of sp³-hybridized carbons (Fsp3) is 0.632. The molecule has 1 aliphatic rings. The van der Waals surface area contributed by atoms with Gasteiger partial charge in [-0.25, -0.2) is 0 Å². The largest absolute Gasteiger partial charge is 0.497 e. The Balaban J connectivity index is 2.07. The normalized spacial score (nSPS) is 24.1. The minimum Gasteiger partial charge on any atom is -0.497 e. The van der Waals surface area contributed by atoms with Crippen LogP contribution in [-0.2, 0) is 10.4 Å². The number of aliphatic hydroxyl groups is 1. The lowest BCUT2D eigenvalue weighted by atomic mass is 9.71. The Hall–Kier alpha value is -1.59. The number of nitrogens with zero attached hydrogens (tertiary/aromatic N) is 1. The third-order valence-corrected chi connectivity index (χ3v) is 5.07. The van der Waals surface area contributed by atoms with E-state index < -0.39 is 11.6 Å². The molecule has 0 aliphatic heterocycles. The summed E-state index contributed by atoms with van der Waals surface area (Å²) in [7, 11) is 3.64. The quantitative estimate of drug-likeness (QED) is 0.764. The highest BCUT2D eigenvalue weighted by atomic mass is 16.5. The Morgan fingerprint density at radius 2 is 2.21 bits per heavy atom. The molecule has 2 rings (SSSR count). The molecule has 0 aromatic heterocycles. The monoisotopic (exact) mass is 335 g/mol. The zero-order valence-electron chi connectivity index (χ0n) is 14.7. The van der Waals surface area contributed by atoms with Gasteiger partial charge in [0.2, 0.25) is 0 Å². The van der Waals surface area contributed by atoms with Gasteiger partial charge in [0.1, 0.15) is 5.75 Å². The number of aliphatic carboxylic acids is 1. The standard InChI is InChI=1S/C19H29NO4/c1-20(12-6-10-18(21)22)14-16-7-3-4-11-19(16,23)15-8-5-9-17(13-15)24-2/h5,8-9,13,16,23H,3-4,6-7,10-12,14H2,1-2H3,(H,21,22). The molecule has 1 fully saturated rings. The highest BCUT2D eigenvalue weighted by Crippen LogP contribution is 2.42. The van der Waals surface area contributed by atoms with Gasteiger partial charge in [-0.3, -0.25) is 4.79 Å². The van der Waals surface area contributed by atoms with Crippen molar-refractivity contribution < 1.29 is 19.7 Å². The Bertz CT molecular complexity index is 548. The Labute approximate surface area is 144 Å². The lowest BCUT2D eigenvalue weighted by Gasteiger charge is -2.42. The van der Waals surface area contributed by atoms with Crippen molar-refractivity contribution in [2.45, 2.75) is 44.1 Å². The van der Waals surface area contributed by atoms with Crippen molar-refractivity contribution in [3.63, 3.8) is 0 Å². The highest BCUT2D eigenvalue weighted by molar-refractivity contribution is 5.66. The number of carbonyl (C=O) groups is 1. The predicted molar refractivity (Wildman–Crippen MR) is 93.2 cm³/mol. The lowest BCUT2D eigenvalue weighted by Crippen LogP contribution is -2.44. The first-order valence-corrected chi connectivity index (χ1v) is 8.73. The zero-order chi connectivity index (χ0) is 17.6. The van der Waals surface area contributed by atoms with Gasteiger partial charge in [-0.1, -0.05) is 25.0 Å². The third kappa shape index (κ3) is 4.71. The molecule has 5 nitrogen and oxygen atoms in total. The molecule has 0 saturated heterocycles. The summed E-state index contributed by atoms with van der Waals surface area (Å²) in [6.07, 6.45) is 4.71. The van der Waals surface area contributed by atoms with Gasteiger partial charge in [0.25, 0.3) is 0 Å². The maximum Gasteiger partial charge on any atom is 0.303 e. The Morgan fingerprint density at radius 3 is 2.92 bits per heavy atom. The predicted octanol–water partition coefficient (Wildman–Crippen LogP) is 2.87. The molecule has 2 atom stereocenters. The number of benzene rings is 1. The first-order chi connectivity index (χ1) is 11.5. The summed E-state index contributed by atoms with van der Waals surface area (Å²) in [5, 5.41) is 20.2. The highest BCUT2D eigenvalue weighted by Gasteiger charge is 2.40. The number of ether oxygens (including phenoxy) is 1. The van der Waals surface area contributed by atoms with Crippen molar-refractivity contribution in [3.05, 3.63) is 29.8 Å². The third-order valence-electron chi connectivity index (χ3n) is 5.07. The first kappa shape index (κ1) is 18.7. The molecule has 134 valence electrons. The maximum absolute atomic E-state index is 11.4. The molecule has 0 radical (unpaired) electrons. The molecular weight excluding hydrogens is 306 g/mol. The topological polar surface area (TPSA) is 70.0 Å². The second-order valence-corrected chi connectivity index (χ2v) is 6.86. The molecule has 0 spiro atoms. The van der Waals surface area contributed by atoms with Gasteiger partial charge < -0.3 is 19.8 Å². The molecule has 0 heterocycles. The number of hydrogen-bond donors (Lipinski definition) is 2. The van der Waals surface area contributed by atoms with Gasteiger partial charge in [0, 0.05) is 18.9 Å². The molecule has 5 heteroatoms. The average molecular weight is 335 g/mol. The number of hydrogen-bond acceptors (Lipinski definition) is 4. The van der Waals surface area contributed by atoms with Gasteiger partial charge in [0.05, 0.1) is 12.7 Å². The van der Waals surface area contributed by atoms with Crippen LogP contribution in [0, 0.1) is 5.92 Å². The van der Waals surface area contributed by atoms with Crippen molar-refractivity contribution in [3.8, 4) is 5.75 Å². The zero-order valence-corrected chi connectivity index (χ0v) is 14.7. The summed E-state index contributed by atoms with van der Waals surface area (Å²) in [6, 6.07) is 7.73. The molecule has 1 aliphatic carbocycles. The molecule has 2 N–H and O–H groups in total. The number of methoxy groups -OCH3 is 1. The van der Waals surface area contributed by atoms with E-state index in [1.54, 1.807) is 7.11 Å². The van der Waals surface area contributed by atoms with Crippen LogP contribution >= 0.6 is 0 Å². The van der Waals surface area contributed by atoms with Crippen molar-refractivity contribution in [2.24, 2.45) is 5.92 Å². The van der Waals surface area contributed by atoms with Gasteiger partial charge in [-0.15, -0.1) is 0 Å². The summed E-state index contributed by atoms with van der Waals surface area (Å²) >= 11 is 0. The number of rotatable bonds is 8. The van der Waals surface area contributed by atoms with E-state index in [1.807, 2.05) is 31.3 Å². The second-order valence-electron chi connectivity index (χ2n) is 6.86. The van der Waals surface area contributed by atoms with E-state index in [0.717, 1.165) is 50.1 Å². The fourth-order valence-corrected chi connectivity index (χ4v) is 3.71. The molecule has 0 amide bonds. The van der Waals surface area contributed by atoms with E-state index in [9.17, 15) is 9.90 Å². The van der Waals surface area contributed by atoms with Crippen LogP contribution in [0.3, 0.4) is 0 Å². The van der Waals surface area contributed by atoms with E-state index in [-0.39, 0.29) is 12.3 Å². The van der Waals surface area contributed by atoms with Crippen LogP contribution in [0.15, 0.2) is 24.3 Å². The minimum atomic E-state index is -0.839. The van der Waals surface area contributed by atoms with Crippen LogP contribution in [0.25, 0.3) is 0 Å². The van der Waals surface area contributed by atoms with Crippen molar-refractivity contribution in [1.29, 1.82) is 0 Å². The van der Waals surface area contributed by atoms with Crippen LogP contribution in [-0.4, -0.2) is 48.3 Å². The number of carboxylic acids is 1. The van der Waals surface area contributed by atoms with E-state index in [2.05, 4.69) is 4.90 Å². The molecule has 1 aromatic rings. The van der Waals surface area contributed by atoms with E-state index >= 15 is 0 Å². The summed E-state index contributed by atoms with van der Waals surface area (Å²) in [5.74, 6) is 0.155. The van der Waals surface area contributed by atoms with Crippen LogP contribution in [0.2, 0.25) is 0 Å². The fourth-order valence-electron chi connectivity index (χ4n) is 3.71. The van der Waals surface area contributed by atoms with Gasteiger partial charge in [-0.2, -0.15) is 0 Å². The summed E-state index contributed by atoms with van der Waals surface area (Å²) in [6.45, 7) is 1.50. The Kier molecular flexibility index (Phi) is 6.63. The maximum atomic E-state index is 11.4. The molecule has 0 bridgehead atoms.